The van der Waals surface area contributed by atoms with Gasteiger partial charge in [-0.1, -0.05) is 11.6 Å². The number of nitrogens with zero attached hydrogens (tertiary/aromatic N) is 1. The second-order valence-corrected chi connectivity index (χ2v) is 5.00. The Hall–Kier alpha value is -1.59. The van der Waals surface area contributed by atoms with Crippen molar-refractivity contribution in [1.29, 1.82) is 0 Å². The van der Waals surface area contributed by atoms with Gasteiger partial charge in [0, 0.05) is 12.6 Å². The summed E-state index contributed by atoms with van der Waals surface area (Å²) < 4.78 is 0. The van der Waals surface area contributed by atoms with Crippen LogP contribution in [0.15, 0.2) is 18.2 Å². The fourth-order valence-corrected chi connectivity index (χ4v) is 2.37. The van der Waals surface area contributed by atoms with Gasteiger partial charge in [-0.2, -0.15) is 0 Å². The minimum absolute atomic E-state index is 0.0144. The number of hydrazine groups is 1. The van der Waals surface area contributed by atoms with E-state index in [0.29, 0.717) is 17.8 Å². The number of nitrogens with one attached hydrogen (secondary N) is 1. The lowest BCUT2D eigenvalue weighted by atomic mass is 9.90. The molecule has 5 heteroatoms. The lowest BCUT2D eigenvalue weighted by Crippen LogP contribution is -2.45. The average Bonchev–Trinajstić information content (AvgIpc) is 2.35. The third-order valence-electron chi connectivity index (χ3n) is 3.68. The molecule has 5 nitrogen and oxygen atoms in total. The molecule has 0 aliphatic heterocycles. The zero-order chi connectivity index (χ0) is 13.8. The first-order valence-electron chi connectivity index (χ1n) is 6.66. The number of nitrogens with two attached hydrogens (primary N) is 1. The van der Waals surface area contributed by atoms with Crippen molar-refractivity contribution in [2.75, 3.05) is 18.6 Å². The smallest absolute Gasteiger partial charge is 0.256 e. The largest absolute Gasteiger partial charge is 0.395 e. The first kappa shape index (κ1) is 13.8. The Labute approximate surface area is 113 Å². The number of carbonyl (C=O) groups is 1. The summed E-state index contributed by atoms with van der Waals surface area (Å²) >= 11 is 0. The molecule has 1 amide bonds. The van der Waals surface area contributed by atoms with Crippen molar-refractivity contribution in [3.63, 3.8) is 0 Å². The number of aliphatic hydroxyl groups excluding tert-OH is 1. The third-order valence-corrected chi connectivity index (χ3v) is 3.68. The van der Waals surface area contributed by atoms with Crippen LogP contribution in [0.3, 0.4) is 0 Å². The van der Waals surface area contributed by atoms with Crippen LogP contribution in [-0.4, -0.2) is 35.1 Å². The van der Waals surface area contributed by atoms with E-state index in [-0.39, 0.29) is 18.6 Å². The topological polar surface area (TPSA) is 78.6 Å². The summed E-state index contributed by atoms with van der Waals surface area (Å²) in [5, 5.41) is 9.15. The standard InChI is InChI=1S/C14H21N3O2/c1-10-5-6-13(16-15)12(9-10)14(19)17(7-8-18)11-3-2-4-11/h5-6,9,11,16,18H,2-4,7-8,15H2,1H3. The molecule has 1 saturated carbocycles. The summed E-state index contributed by atoms with van der Waals surface area (Å²) in [5.74, 6) is 5.41. The molecule has 0 unspecified atom stereocenters. The summed E-state index contributed by atoms with van der Waals surface area (Å²) in [7, 11) is 0. The van der Waals surface area contributed by atoms with E-state index in [1.54, 1.807) is 11.0 Å². The van der Waals surface area contributed by atoms with Crippen LogP contribution >= 0.6 is 0 Å². The molecule has 1 aromatic carbocycles. The predicted molar refractivity (Wildman–Crippen MR) is 74.8 cm³/mol. The van der Waals surface area contributed by atoms with E-state index in [1.165, 1.54) is 0 Å². The minimum atomic E-state index is -0.0598. The summed E-state index contributed by atoms with van der Waals surface area (Å²) in [4.78, 5) is 14.4. The molecule has 104 valence electrons. The maximum absolute atomic E-state index is 12.6. The van der Waals surface area contributed by atoms with E-state index in [9.17, 15) is 4.79 Å². The molecule has 1 aliphatic carbocycles. The normalized spacial score (nSPS) is 14.9. The van der Waals surface area contributed by atoms with E-state index < -0.39 is 0 Å². The number of aryl methyl sites for hydroxylation is 1. The second kappa shape index (κ2) is 6.04. The van der Waals surface area contributed by atoms with Crippen LogP contribution in [0.5, 0.6) is 0 Å². The van der Waals surface area contributed by atoms with Crippen molar-refractivity contribution >= 4 is 11.6 Å². The summed E-state index contributed by atoms with van der Waals surface area (Å²) in [5.41, 5.74) is 4.77. The molecule has 1 aromatic rings. The molecule has 0 radical (unpaired) electrons. The second-order valence-electron chi connectivity index (χ2n) is 5.00. The number of hydrogen-bond donors (Lipinski definition) is 3. The highest BCUT2D eigenvalue weighted by Gasteiger charge is 2.29. The average molecular weight is 263 g/mol. The first-order valence-corrected chi connectivity index (χ1v) is 6.66. The van der Waals surface area contributed by atoms with Crippen LogP contribution in [0, 0.1) is 6.92 Å². The summed E-state index contributed by atoms with van der Waals surface area (Å²) in [6, 6.07) is 5.80. The van der Waals surface area contributed by atoms with Crippen molar-refractivity contribution in [3.05, 3.63) is 29.3 Å². The van der Waals surface area contributed by atoms with Gasteiger partial charge >= 0.3 is 0 Å². The quantitative estimate of drug-likeness (QED) is 0.552. The van der Waals surface area contributed by atoms with Crippen molar-refractivity contribution in [3.8, 4) is 0 Å². The Kier molecular flexibility index (Phi) is 4.39. The van der Waals surface area contributed by atoms with Gasteiger partial charge < -0.3 is 15.4 Å². The maximum atomic E-state index is 12.6. The molecule has 0 atom stereocenters. The number of anilines is 1. The molecule has 0 saturated heterocycles. The molecule has 4 N–H and O–H groups in total. The third kappa shape index (κ3) is 2.88. The fourth-order valence-electron chi connectivity index (χ4n) is 2.37. The molecule has 19 heavy (non-hydrogen) atoms. The van der Waals surface area contributed by atoms with E-state index >= 15 is 0 Å². The van der Waals surface area contributed by atoms with E-state index in [1.807, 2.05) is 19.1 Å². The van der Waals surface area contributed by atoms with Crippen LogP contribution in [0.1, 0.15) is 35.2 Å². The van der Waals surface area contributed by atoms with Crippen molar-refractivity contribution in [2.24, 2.45) is 5.84 Å². The lowest BCUT2D eigenvalue weighted by molar-refractivity contribution is 0.0526. The Morgan fingerprint density at radius 1 is 1.53 bits per heavy atom. The van der Waals surface area contributed by atoms with Gasteiger partial charge in [0.15, 0.2) is 0 Å². The highest BCUT2D eigenvalue weighted by Crippen LogP contribution is 2.27. The van der Waals surface area contributed by atoms with Crippen LogP contribution in [0.4, 0.5) is 5.69 Å². The monoisotopic (exact) mass is 263 g/mol. The van der Waals surface area contributed by atoms with E-state index in [2.05, 4.69) is 5.43 Å². The zero-order valence-electron chi connectivity index (χ0n) is 11.2. The molecule has 0 aromatic heterocycles. The predicted octanol–water partition coefficient (Wildman–Crippen LogP) is 1.27. The van der Waals surface area contributed by atoms with Gasteiger partial charge in [0.2, 0.25) is 0 Å². The van der Waals surface area contributed by atoms with Gasteiger partial charge in [-0.3, -0.25) is 10.6 Å². The Morgan fingerprint density at radius 2 is 2.26 bits per heavy atom. The molecule has 0 bridgehead atoms. The van der Waals surface area contributed by atoms with Gasteiger partial charge in [0.25, 0.3) is 5.91 Å². The van der Waals surface area contributed by atoms with Gasteiger partial charge in [0.05, 0.1) is 17.9 Å². The zero-order valence-corrected chi connectivity index (χ0v) is 11.2. The molecule has 1 fully saturated rings. The SMILES string of the molecule is Cc1ccc(NN)c(C(=O)N(CCO)C2CCC2)c1. The number of amides is 1. The molecule has 1 aliphatic rings. The van der Waals surface area contributed by atoms with Crippen molar-refractivity contribution in [1.82, 2.24) is 4.90 Å². The Morgan fingerprint density at radius 3 is 2.79 bits per heavy atom. The Bertz CT molecular complexity index is 458. The number of rotatable bonds is 5. The number of carbonyl (C=O) groups excluding carboxylic acids is 1. The van der Waals surface area contributed by atoms with Crippen LogP contribution < -0.4 is 11.3 Å². The first-order chi connectivity index (χ1) is 9.17. The van der Waals surface area contributed by atoms with Crippen LogP contribution in [0.2, 0.25) is 0 Å². The van der Waals surface area contributed by atoms with Gasteiger partial charge in [-0.15, -0.1) is 0 Å². The van der Waals surface area contributed by atoms with Gasteiger partial charge in [-0.05, 0) is 38.3 Å². The number of benzene rings is 1. The molecule has 0 spiro atoms. The van der Waals surface area contributed by atoms with Crippen molar-refractivity contribution < 1.29 is 9.90 Å². The highest BCUT2D eigenvalue weighted by atomic mass is 16.3. The van der Waals surface area contributed by atoms with Gasteiger partial charge in [-0.25, -0.2) is 0 Å². The fraction of sp³-hybridized carbons (Fsp3) is 0.500. The molecule has 2 rings (SSSR count). The van der Waals surface area contributed by atoms with E-state index in [4.69, 9.17) is 10.9 Å². The van der Waals surface area contributed by atoms with E-state index in [0.717, 1.165) is 24.8 Å². The Balaban J connectivity index is 2.27. The molecular formula is C14H21N3O2. The molecule has 0 heterocycles. The lowest BCUT2D eigenvalue weighted by Gasteiger charge is -2.37. The summed E-state index contributed by atoms with van der Waals surface area (Å²) in [6.07, 6.45) is 3.18. The number of aliphatic hydroxyl groups is 1. The number of hydrogen-bond acceptors (Lipinski definition) is 4. The maximum Gasteiger partial charge on any atom is 0.256 e. The van der Waals surface area contributed by atoms with Gasteiger partial charge in [0.1, 0.15) is 0 Å². The van der Waals surface area contributed by atoms with Crippen LogP contribution in [0.25, 0.3) is 0 Å². The molecular weight excluding hydrogens is 242 g/mol. The van der Waals surface area contributed by atoms with Crippen LogP contribution in [-0.2, 0) is 0 Å². The number of nitrogen functional groups attached to an aromatic ring is 1. The minimum Gasteiger partial charge on any atom is -0.395 e. The highest BCUT2D eigenvalue weighted by molar-refractivity contribution is 6.00. The van der Waals surface area contributed by atoms with Crippen molar-refractivity contribution in [2.45, 2.75) is 32.2 Å². The summed E-state index contributed by atoms with van der Waals surface area (Å²) in [6.45, 7) is 2.30.